The summed E-state index contributed by atoms with van der Waals surface area (Å²) in [4.78, 5) is 22.3. The minimum absolute atomic E-state index is 0.0502. The lowest BCUT2D eigenvalue weighted by Crippen LogP contribution is -2.70. The van der Waals surface area contributed by atoms with Crippen molar-refractivity contribution in [3.63, 3.8) is 0 Å². The maximum atomic E-state index is 14.7. The van der Waals surface area contributed by atoms with Crippen LogP contribution < -0.4 is 18.9 Å². The summed E-state index contributed by atoms with van der Waals surface area (Å²) in [5.41, 5.74) is 5.73. The molecular formula is C50H62N2O10. The van der Waals surface area contributed by atoms with Crippen molar-refractivity contribution in [2.45, 2.75) is 96.4 Å². The van der Waals surface area contributed by atoms with Gasteiger partial charge in [0.2, 0.25) is 12.6 Å². The number of unbranched alkanes of at least 4 members (excludes halogenated alkanes) is 2. The number of allylic oxidation sites excluding steroid dienone is 1. The van der Waals surface area contributed by atoms with Gasteiger partial charge in [-0.15, -0.1) is 13.2 Å². The largest absolute Gasteiger partial charge is 0.459 e. The van der Waals surface area contributed by atoms with Crippen molar-refractivity contribution in [2.75, 3.05) is 39.8 Å². The molecule has 0 bridgehead atoms. The molecule has 0 saturated heterocycles. The third-order valence-corrected chi connectivity index (χ3v) is 12.6. The summed E-state index contributed by atoms with van der Waals surface area (Å²) in [6, 6.07) is 16.9. The lowest BCUT2D eigenvalue weighted by atomic mass is 9.55. The van der Waals surface area contributed by atoms with Crippen LogP contribution in [-0.2, 0) is 20.9 Å². The van der Waals surface area contributed by atoms with Gasteiger partial charge in [0.25, 0.3) is 0 Å². The first-order valence-corrected chi connectivity index (χ1v) is 22.1. The van der Waals surface area contributed by atoms with Gasteiger partial charge in [0.15, 0.2) is 11.5 Å². The van der Waals surface area contributed by atoms with Gasteiger partial charge < -0.3 is 43.5 Å². The van der Waals surface area contributed by atoms with Crippen molar-refractivity contribution in [1.82, 2.24) is 4.90 Å². The Hall–Kier alpha value is -5.30. The van der Waals surface area contributed by atoms with Crippen molar-refractivity contribution in [3.05, 3.63) is 114 Å². The summed E-state index contributed by atoms with van der Waals surface area (Å²) in [5, 5.41) is 24.7. The number of fused-ring (bicyclic) bond motifs is 3. The summed E-state index contributed by atoms with van der Waals surface area (Å²) >= 11 is 0. The Morgan fingerprint density at radius 3 is 2.44 bits per heavy atom. The molecule has 12 heteroatoms. The number of carbonyl (C=O) groups is 1. The summed E-state index contributed by atoms with van der Waals surface area (Å²) in [5.74, 6) is 1.23. The molecule has 0 aromatic heterocycles. The molecule has 4 aliphatic rings. The molecule has 2 aliphatic heterocycles. The van der Waals surface area contributed by atoms with Gasteiger partial charge in [0, 0.05) is 37.7 Å². The van der Waals surface area contributed by atoms with E-state index in [1.54, 1.807) is 17.1 Å². The summed E-state index contributed by atoms with van der Waals surface area (Å²) in [6.45, 7) is 15.0. The van der Waals surface area contributed by atoms with Crippen LogP contribution in [0, 0.1) is 31.6 Å². The number of carbonyl (C=O) groups excluding carboxylic acids is 1. The van der Waals surface area contributed by atoms with Gasteiger partial charge in [0.05, 0.1) is 24.8 Å². The highest BCUT2D eigenvalue weighted by Gasteiger charge is 2.65. The molecule has 3 aromatic rings. The van der Waals surface area contributed by atoms with Crippen LogP contribution in [0.25, 0.3) is 0 Å². The number of hydrogen-bond acceptors (Lipinski definition) is 11. The third-order valence-electron chi connectivity index (χ3n) is 12.6. The predicted octanol–water partition coefficient (Wildman–Crippen LogP) is 9.69. The highest BCUT2D eigenvalue weighted by molar-refractivity contribution is 6.03. The fraction of sp³-hybridized carbons (Fsp3) is 0.480. The van der Waals surface area contributed by atoms with Crippen LogP contribution >= 0.6 is 0 Å². The van der Waals surface area contributed by atoms with Gasteiger partial charge in [0.1, 0.15) is 29.9 Å². The number of oxime groups is 1. The van der Waals surface area contributed by atoms with Crippen molar-refractivity contribution >= 4 is 11.8 Å². The lowest BCUT2D eigenvalue weighted by Gasteiger charge is -2.59. The Kier molecular flexibility index (Phi) is 14.9. The molecule has 2 aliphatic carbocycles. The molecule has 3 aromatic carbocycles. The third kappa shape index (κ3) is 9.52. The standard InChI is InChI=1S/C50H62N2O10/c1-6-9-25-56-49(55)52(31-35-17-20-44-45(27-35)58-32-57-44)46-30-42(51-60-8-3)40-28-36(14-10-12-22-53)39(15-11-13-23-54)47-41-29-38(61-37-18-16-33(4)34(5)26-37)19-21-43(41)62-50(46,48(40)47)59-24-7-2/h6-7,16-21,26-29,36,39,46-48,53-54H,1-2,8-15,22-25,30-32H2,3-5H3/t36-,39+,46-,47+,48+,50+/m0/s1. The molecular weight excluding hydrogens is 789 g/mol. The molecule has 6 atom stereocenters. The average Bonchev–Trinajstić information content (AvgIpc) is 3.75. The van der Waals surface area contributed by atoms with Gasteiger partial charge in [-0.25, -0.2) is 4.79 Å². The predicted molar refractivity (Wildman–Crippen MR) is 237 cm³/mol. The van der Waals surface area contributed by atoms with Crippen LogP contribution in [0.2, 0.25) is 0 Å². The number of aliphatic hydroxyl groups is 2. The number of nitrogens with zero attached hydrogens (tertiary/aromatic N) is 2. The first kappa shape index (κ1) is 44.7. The minimum Gasteiger partial charge on any atom is -0.459 e. The molecule has 2 N–H and O–H groups in total. The maximum Gasteiger partial charge on any atom is 0.410 e. The number of amides is 1. The number of rotatable bonds is 21. The van der Waals surface area contributed by atoms with Gasteiger partial charge in [-0.05, 0) is 129 Å². The second kappa shape index (κ2) is 20.7. The molecule has 12 nitrogen and oxygen atoms in total. The van der Waals surface area contributed by atoms with E-state index in [-0.39, 0.29) is 63.9 Å². The van der Waals surface area contributed by atoms with Crippen LogP contribution in [0.15, 0.2) is 96.7 Å². The molecule has 0 radical (unpaired) electrons. The topological polar surface area (TPSA) is 138 Å². The van der Waals surface area contributed by atoms with Crippen molar-refractivity contribution in [3.8, 4) is 28.7 Å². The van der Waals surface area contributed by atoms with Gasteiger partial charge in [-0.3, -0.25) is 4.90 Å². The normalized spacial score (nSPS) is 23.7. The quantitative estimate of drug-likeness (QED) is 0.0606. The van der Waals surface area contributed by atoms with Gasteiger partial charge >= 0.3 is 6.09 Å². The zero-order valence-electron chi connectivity index (χ0n) is 36.4. The van der Waals surface area contributed by atoms with E-state index >= 15 is 0 Å². The van der Waals surface area contributed by atoms with Crippen LogP contribution in [0.4, 0.5) is 4.79 Å². The number of hydrogen-bond donors (Lipinski definition) is 2. The van der Waals surface area contributed by atoms with Crippen LogP contribution in [0.3, 0.4) is 0 Å². The Morgan fingerprint density at radius 2 is 1.68 bits per heavy atom. The van der Waals surface area contributed by atoms with E-state index in [4.69, 9.17) is 38.4 Å². The zero-order chi connectivity index (χ0) is 43.6. The van der Waals surface area contributed by atoms with Crippen LogP contribution in [0.1, 0.15) is 86.5 Å². The van der Waals surface area contributed by atoms with E-state index in [1.807, 2.05) is 49.4 Å². The van der Waals surface area contributed by atoms with E-state index in [9.17, 15) is 15.0 Å². The SMILES string of the molecule is C=CCCOC(=O)N(Cc1ccc2c(c1)OCO2)[C@H]1CC(=NOCC)C2=C[C@H](CCCCO)[C@@H](CCCCO)[C@@H]3c4cc(Oc5ccc(C)c(C)c5)ccc4O[C@@]1(OCC=C)[C@H]23. The second-order valence-corrected chi connectivity index (χ2v) is 16.5. The van der Waals surface area contributed by atoms with Crippen LogP contribution in [-0.4, -0.2) is 78.6 Å². The molecule has 2 heterocycles. The van der Waals surface area contributed by atoms with Crippen LogP contribution in [0.5, 0.6) is 28.7 Å². The van der Waals surface area contributed by atoms with Gasteiger partial charge in [-0.2, -0.15) is 0 Å². The molecule has 7 rings (SSSR count). The Morgan fingerprint density at radius 1 is 0.919 bits per heavy atom. The first-order chi connectivity index (χ1) is 30.2. The summed E-state index contributed by atoms with van der Waals surface area (Å²) in [7, 11) is 0. The molecule has 332 valence electrons. The van der Waals surface area contributed by atoms with E-state index in [2.05, 4.69) is 45.2 Å². The number of benzene rings is 3. The van der Waals surface area contributed by atoms with E-state index in [0.29, 0.717) is 54.6 Å². The fourth-order valence-electron chi connectivity index (χ4n) is 9.62. The van der Waals surface area contributed by atoms with Crippen molar-refractivity contribution in [1.29, 1.82) is 0 Å². The first-order valence-electron chi connectivity index (χ1n) is 22.1. The highest BCUT2D eigenvalue weighted by atomic mass is 16.7. The number of aliphatic hydroxyl groups excluding tert-OH is 2. The molecule has 1 amide bonds. The van der Waals surface area contributed by atoms with Gasteiger partial charge in [-0.1, -0.05) is 48.4 Å². The molecule has 0 spiro atoms. The molecule has 1 saturated carbocycles. The summed E-state index contributed by atoms with van der Waals surface area (Å²) in [6.07, 6.45) is 10.5. The monoisotopic (exact) mass is 850 g/mol. The lowest BCUT2D eigenvalue weighted by molar-refractivity contribution is -0.256. The smallest absolute Gasteiger partial charge is 0.410 e. The van der Waals surface area contributed by atoms with E-state index in [0.717, 1.165) is 53.7 Å². The van der Waals surface area contributed by atoms with Crippen molar-refractivity contribution in [2.24, 2.45) is 22.9 Å². The summed E-state index contributed by atoms with van der Waals surface area (Å²) < 4.78 is 38.5. The number of aryl methyl sites for hydroxylation is 2. The van der Waals surface area contributed by atoms with Crippen molar-refractivity contribution < 1.29 is 48.3 Å². The Labute approximate surface area is 365 Å². The highest BCUT2D eigenvalue weighted by Crippen LogP contribution is 2.62. The second-order valence-electron chi connectivity index (χ2n) is 16.5. The average molecular weight is 851 g/mol. The number of ether oxygens (including phenoxy) is 6. The Bertz CT molecular complexity index is 2120. The fourth-order valence-corrected chi connectivity index (χ4v) is 9.62. The Balaban J connectivity index is 1.44. The van der Waals surface area contributed by atoms with E-state index < -0.39 is 23.8 Å². The maximum absolute atomic E-state index is 14.7. The molecule has 62 heavy (non-hydrogen) atoms. The van der Waals surface area contributed by atoms with E-state index in [1.165, 1.54) is 5.56 Å². The molecule has 1 fully saturated rings. The minimum atomic E-state index is -1.46. The zero-order valence-corrected chi connectivity index (χ0v) is 36.4. The molecule has 0 unspecified atom stereocenters.